The molecule has 0 spiro atoms. The van der Waals surface area contributed by atoms with Crippen molar-refractivity contribution >= 4 is 17.6 Å². The van der Waals surface area contributed by atoms with Crippen LogP contribution in [0.5, 0.6) is 5.75 Å². The van der Waals surface area contributed by atoms with Crippen LogP contribution in [0.4, 0.5) is 5.69 Å². The van der Waals surface area contributed by atoms with Crippen molar-refractivity contribution in [2.24, 2.45) is 0 Å². The van der Waals surface area contributed by atoms with Gasteiger partial charge < -0.3 is 14.4 Å². The van der Waals surface area contributed by atoms with E-state index in [4.69, 9.17) is 9.47 Å². The van der Waals surface area contributed by atoms with Gasteiger partial charge >= 0.3 is 5.97 Å². The molecule has 0 bridgehead atoms. The Bertz CT molecular complexity index is 860. The summed E-state index contributed by atoms with van der Waals surface area (Å²) in [5.41, 5.74) is 5.00. The minimum atomic E-state index is -0.436. The summed E-state index contributed by atoms with van der Waals surface area (Å²) in [5.74, 6) is 0.0426. The average Bonchev–Trinajstić information content (AvgIpc) is 2.71. The van der Waals surface area contributed by atoms with Crippen LogP contribution in [0.1, 0.15) is 63.7 Å². The Kier molecular flexibility index (Phi) is 8.90. The third-order valence-corrected chi connectivity index (χ3v) is 5.07. The Balaban J connectivity index is 1.99. The largest absolute Gasteiger partial charge is 0.482 e. The molecule has 0 saturated heterocycles. The Morgan fingerprint density at radius 3 is 2.40 bits per heavy atom. The summed E-state index contributed by atoms with van der Waals surface area (Å²) in [6.07, 6.45) is 10.8. The van der Waals surface area contributed by atoms with Crippen molar-refractivity contribution in [3.05, 3.63) is 58.7 Å². The maximum Gasteiger partial charge on any atom is 0.337 e. The molecule has 162 valence electrons. The maximum absolute atomic E-state index is 12.4. The zero-order valence-corrected chi connectivity index (χ0v) is 18.8. The minimum absolute atomic E-state index is 0.00503. The molecule has 0 unspecified atom stereocenters. The number of ether oxygens (including phenoxy) is 2. The van der Waals surface area contributed by atoms with Gasteiger partial charge in [0.25, 0.3) is 5.91 Å². The molecule has 0 radical (unpaired) electrons. The molecular weight excluding hydrogens is 378 g/mol. The van der Waals surface area contributed by atoms with Gasteiger partial charge in [0.2, 0.25) is 0 Å². The molecule has 0 aliphatic carbocycles. The van der Waals surface area contributed by atoms with Crippen LogP contribution in [0.25, 0.3) is 0 Å². The van der Waals surface area contributed by atoms with Gasteiger partial charge in [-0.1, -0.05) is 34.9 Å². The van der Waals surface area contributed by atoms with Crippen molar-refractivity contribution in [3.63, 3.8) is 0 Å². The molecule has 0 fully saturated rings. The van der Waals surface area contributed by atoms with Crippen molar-refractivity contribution in [2.75, 3.05) is 25.2 Å². The van der Waals surface area contributed by atoms with Crippen LogP contribution in [-0.4, -0.2) is 32.1 Å². The summed E-state index contributed by atoms with van der Waals surface area (Å²) in [6, 6.07) is 5.01. The van der Waals surface area contributed by atoms with E-state index in [1.165, 1.54) is 23.8 Å². The fourth-order valence-corrected chi connectivity index (χ4v) is 3.23. The summed E-state index contributed by atoms with van der Waals surface area (Å²) in [6.45, 7) is 8.98. The fraction of sp³-hybridized carbons (Fsp3) is 0.440. The van der Waals surface area contributed by atoms with Crippen LogP contribution < -0.4 is 9.64 Å². The first kappa shape index (κ1) is 23.5. The van der Waals surface area contributed by atoms with E-state index in [0.717, 1.165) is 25.7 Å². The van der Waals surface area contributed by atoms with E-state index in [1.807, 2.05) is 0 Å². The Morgan fingerprint density at radius 1 is 1.07 bits per heavy atom. The predicted molar refractivity (Wildman–Crippen MR) is 121 cm³/mol. The van der Waals surface area contributed by atoms with Gasteiger partial charge in [0.1, 0.15) is 5.75 Å². The average molecular weight is 412 g/mol. The summed E-state index contributed by atoms with van der Waals surface area (Å²) < 4.78 is 10.3. The number of allylic oxidation sites excluding steroid dienone is 5. The van der Waals surface area contributed by atoms with Gasteiger partial charge in [0.15, 0.2) is 6.61 Å². The predicted octanol–water partition coefficient (Wildman–Crippen LogP) is 5.62. The third kappa shape index (κ3) is 6.90. The number of carbonyl (C=O) groups excluding carboxylic acids is 2. The molecule has 5 nitrogen and oxygen atoms in total. The lowest BCUT2D eigenvalue weighted by Gasteiger charge is -2.29. The molecule has 1 aromatic rings. The molecule has 1 aliphatic rings. The van der Waals surface area contributed by atoms with E-state index in [0.29, 0.717) is 23.5 Å². The van der Waals surface area contributed by atoms with Crippen molar-refractivity contribution < 1.29 is 19.1 Å². The lowest BCUT2D eigenvalue weighted by atomic mass is 10.1. The molecule has 2 rings (SSSR count). The molecule has 1 amide bonds. The highest BCUT2D eigenvalue weighted by Gasteiger charge is 2.26. The van der Waals surface area contributed by atoms with E-state index in [-0.39, 0.29) is 12.5 Å². The van der Waals surface area contributed by atoms with Crippen molar-refractivity contribution in [1.82, 2.24) is 0 Å². The minimum Gasteiger partial charge on any atom is -0.482 e. The van der Waals surface area contributed by atoms with E-state index < -0.39 is 5.97 Å². The van der Waals surface area contributed by atoms with Crippen LogP contribution >= 0.6 is 0 Å². The topological polar surface area (TPSA) is 55.8 Å². The highest BCUT2D eigenvalue weighted by atomic mass is 16.5. The summed E-state index contributed by atoms with van der Waals surface area (Å²) in [5, 5.41) is 0. The zero-order valence-electron chi connectivity index (χ0n) is 18.8. The van der Waals surface area contributed by atoms with E-state index >= 15 is 0 Å². The standard InChI is InChI=1S/C25H33NO4/c1-18(2)8-6-9-19(3)10-7-11-20(4)14-15-26-22-16-21(25(28)29-5)12-13-23(22)30-17-24(26)27/h8,10,12-14,16H,6-7,9,11,15,17H2,1-5H3/b19-10+,20-14+. The van der Waals surface area contributed by atoms with Gasteiger partial charge in [0, 0.05) is 6.54 Å². The van der Waals surface area contributed by atoms with Crippen LogP contribution in [0.3, 0.4) is 0 Å². The van der Waals surface area contributed by atoms with Crippen molar-refractivity contribution in [1.29, 1.82) is 0 Å². The number of amides is 1. The molecule has 0 aromatic heterocycles. The zero-order chi connectivity index (χ0) is 22.1. The lowest BCUT2D eigenvalue weighted by molar-refractivity contribution is -0.121. The van der Waals surface area contributed by atoms with E-state index in [2.05, 4.69) is 45.9 Å². The van der Waals surface area contributed by atoms with Gasteiger partial charge in [-0.2, -0.15) is 0 Å². The van der Waals surface area contributed by atoms with Crippen LogP contribution in [0.2, 0.25) is 0 Å². The number of hydrogen-bond acceptors (Lipinski definition) is 4. The first-order valence-electron chi connectivity index (χ1n) is 10.4. The SMILES string of the molecule is COC(=O)c1ccc2c(c1)N(C/C=C(\C)CC/C=C(\C)CCC=C(C)C)C(=O)CO2. The molecule has 5 heteroatoms. The smallest absolute Gasteiger partial charge is 0.337 e. The molecule has 0 saturated carbocycles. The second-order valence-corrected chi connectivity index (χ2v) is 7.93. The quantitative estimate of drug-likeness (QED) is 0.391. The number of fused-ring (bicyclic) bond motifs is 1. The Labute approximate surface area is 180 Å². The fourth-order valence-electron chi connectivity index (χ4n) is 3.23. The van der Waals surface area contributed by atoms with E-state index in [1.54, 1.807) is 23.1 Å². The number of nitrogens with zero attached hydrogens (tertiary/aromatic N) is 1. The molecule has 30 heavy (non-hydrogen) atoms. The number of carbonyl (C=O) groups is 2. The van der Waals surface area contributed by atoms with Gasteiger partial charge in [-0.15, -0.1) is 0 Å². The van der Waals surface area contributed by atoms with Crippen molar-refractivity contribution in [2.45, 2.75) is 53.4 Å². The van der Waals surface area contributed by atoms with Gasteiger partial charge in [-0.05, 0) is 71.6 Å². The van der Waals surface area contributed by atoms with Crippen molar-refractivity contribution in [3.8, 4) is 5.75 Å². The van der Waals surface area contributed by atoms with Gasteiger partial charge in [-0.25, -0.2) is 4.79 Å². The number of benzene rings is 1. The summed E-state index contributed by atoms with van der Waals surface area (Å²) >= 11 is 0. The first-order chi connectivity index (χ1) is 14.3. The summed E-state index contributed by atoms with van der Waals surface area (Å²) in [7, 11) is 1.34. The normalized spacial score (nSPS) is 14.2. The Hall–Kier alpha value is -2.82. The van der Waals surface area contributed by atoms with Crippen LogP contribution in [-0.2, 0) is 9.53 Å². The number of hydrogen-bond donors (Lipinski definition) is 0. The molecule has 0 N–H and O–H groups in total. The van der Waals surface area contributed by atoms with Gasteiger partial charge in [-0.3, -0.25) is 4.79 Å². The first-order valence-corrected chi connectivity index (χ1v) is 10.4. The second kappa shape index (κ2) is 11.4. The summed E-state index contributed by atoms with van der Waals surface area (Å²) in [4.78, 5) is 25.9. The molecule has 0 atom stereocenters. The molecule has 1 aliphatic heterocycles. The van der Waals surface area contributed by atoms with Crippen LogP contribution in [0.15, 0.2) is 53.1 Å². The number of anilines is 1. The maximum atomic E-state index is 12.4. The van der Waals surface area contributed by atoms with Gasteiger partial charge in [0.05, 0.1) is 18.4 Å². The second-order valence-electron chi connectivity index (χ2n) is 7.93. The monoisotopic (exact) mass is 411 g/mol. The lowest BCUT2D eigenvalue weighted by Crippen LogP contribution is -2.39. The highest BCUT2D eigenvalue weighted by Crippen LogP contribution is 2.33. The third-order valence-electron chi connectivity index (χ3n) is 5.07. The van der Waals surface area contributed by atoms with E-state index in [9.17, 15) is 9.59 Å². The van der Waals surface area contributed by atoms with Crippen LogP contribution in [0, 0.1) is 0 Å². The number of methoxy groups -OCH3 is 1. The molecule has 1 aromatic carbocycles. The number of rotatable bonds is 9. The highest BCUT2D eigenvalue weighted by molar-refractivity contribution is 6.00. The number of esters is 1. The molecular formula is C25H33NO4. The Morgan fingerprint density at radius 2 is 1.73 bits per heavy atom. The molecule has 1 heterocycles.